The Morgan fingerprint density at radius 1 is 1.22 bits per heavy atom. The number of pyridine rings is 1. The molecule has 0 unspecified atom stereocenters. The summed E-state index contributed by atoms with van der Waals surface area (Å²) in [7, 11) is 0. The van der Waals surface area contributed by atoms with Crippen molar-refractivity contribution in [2.75, 3.05) is 0 Å². The summed E-state index contributed by atoms with van der Waals surface area (Å²) in [5.41, 5.74) is -1.93. The largest absolute Gasteiger partial charge is 0.503 e. The van der Waals surface area contributed by atoms with Crippen LogP contribution in [0.15, 0.2) is 6.07 Å². The normalized spacial score (nSPS) is 10.8. The van der Waals surface area contributed by atoms with Gasteiger partial charge >= 0.3 is 5.69 Å². The van der Waals surface area contributed by atoms with Crippen molar-refractivity contribution < 1.29 is 29.0 Å². The molecule has 0 amide bonds. The molecule has 0 saturated heterocycles. The Morgan fingerprint density at radius 2 is 1.83 bits per heavy atom. The fourth-order valence-electron chi connectivity index (χ4n) is 1.48. The molecule has 1 aromatic heterocycles. The molecule has 9 heteroatoms. The molecule has 2 aromatic rings. The number of nitro groups is 1. The van der Waals surface area contributed by atoms with E-state index in [1.54, 1.807) is 0 Å². The molecule has 0 fully saturated rings. The van der Waals surface area contributed by atoms with Crippen LogP contribution in [0.2, 0.25) is 0 Å². The Morgan fingerprint density at radius 3 is 2.39 bits per heavy atom. The quantitative estimate of drug-likeness (QED) is 0.527. The molecule has 0 bridgehead atoms. The molecule has 7 nitrogen and oxygen atoms in total. The molecule has 0 aliphatic rings. The Balaban J connectivity index is 3.09. The van der Waals surface area contributed by atoms with Crippen LogP contribution >= 0.6 is 0 Å². The van der Waals surface area contributed by atoms with E-state index in [0.717, 1.165) is 0 Å². The minimum atomic E-state index is -1.80. The molecule has 0 aliphatic heterocycles. The van der Waals surface area contributed by atoms with Gasteiger partial charge in [-0.1, -0.05) is 0 Å². The van der Waals surface area contributed by atoms with E-state index in [9.17, 15) is 24.0 Å². The molecule has 1 heterocycles. The summed E-state index contributed by atoms with van der Waals surface area (Å²) in [6.07, 6.45) is 0. The number of halogens is 2. The third kappa shape index (κ3) is 1.44. The molecule has 94 valence electrons. The molecular weight excluding hydrogens is 254 g/mol. The molecule has 0 saturated carbocycles. The highest BCUT2D eigenvalue weighted by atomic mass is 19.2. The standard InChI is InChI=1S/C9H4F2N2O5/c10-2-1-3-4(6(5(2)11)13(17)18)7(14)8(15)9(16)12-3/h1,15H,(H2,12,14,16). The zero-order valence-electron chi connectivity index (χ0n) is 8.39. The Bertz CT molecular complexity index is 683. The zero-order chi connectivity index (χ0) is 13.6. The van der Waals surface area contributed by atoms with Gasteiger partial charge in [0.25, 0.3) is 5.88 Å². The van der Waals surface area contributed by atoms with Crippen LogP contribution in [0.4, 0.5) is 14.5 Å². The van der Waals surface area contributed by atoms with Crippen molar-refractivity contribution >= 4 is 16.6 Å². The van der Waals surface area contributed by atoms with Crippen LogP contribution in [-0.4, -0.2) is 25.2 Å². The monoisotopic (exact) mass is 258 g/mol. The number of nitro benzene ring substituents is 1. The lowest BCUT2D eigenvalue weighted by molar-refractivity contribution is -0.386. The van der Waals surface area contributed by atoms with Crippen molar-refractivity contribution in [2.45, 2.75) is 0 Å². The SMILES string of the molecule is O=[N+]([O-])c1c(F)c(F)cc2nc(O)c(O)c(O)c12. The molecular formula is C9H4F2N2O5. The minimum Gasteiger partial charge on any atom is -0.503 e. The number of hydrogen-bond acceptors (Lipinski definition) is 6. The van der Waals surface area contributed by atoms with Crippen molar-refractivity contribution in [3.63, 3.8) is 0 Å². The summed E-state index contributed by atoms with van der Waals surface area (Å²) >= 11 is 0. The van der Waals surface area contributed by atoms with Gasteiger partial charge in [-0.2, -0.15) is 4.39 Å². The third-order valence-electron chi connectivity index (χ3n) is 2.26. The molecule has 0 aliphatic carbocycles. The second kappa shape index (κ2) is 3.65. The maximum absolute atomic E-state index is 13.3. The number of rotatable bonds is 1. The van der Waals surface area contributed by atoms with Gasteiger partial charge in [-0.15, -0.1) is 0 Å². The van der Waals surface area contributed by atoms with E-state index in [2.05, 4.69) is 4.98 Å². The smallest absolute Gasteiger partial charge is 0.321 e. The number of hydrogen-bond donors (Lipinski definition) is 3. The van der Waals surface area contributed by atoms with Gasteiger partial charge in [0.1, 0.15) is 5.39 Å². The van der Waals surface area contributed by atoms with Crippen LogP contribution in [0.25, 0.3) is 10.9 Å². The average molecular weight is 258 g/mol. The van der Waals surface area contributed by atoms with Crippen LogP contribution in [-0.2, 0) is 0 Å². The summed E-state index contributed by atoms with van der Waals surface area (Å²) in [6, 6.07) is 0.455. The van der Waals surface area contributed by atoms with Gasteiger partial charge in [0.15, 0.2) is 11.6 Å². The van der Waals surface area contributed by atoms with Crippen LogP contribution in [0.1, 0.15) is 0 Å². The second-order valence-corrected chi connectivity index (χ2v) is 3.30. The maximum atomic E-state index is 13.3. The molecule has 3 N–H and O–H groups in total. The fourth-order valence-corrected chi connectivity index (χ4v) is 1.48. The predicted octanol–water partition coefficient (Wildman–Crippen LogP) is 1.54. The molecule has 0 radical (unpaired) electrons. The van der Waals surface area contributed by atoms with E-state index in [0.29, 0.717) is 6.07 Å². The summed E-state index contributed by atoms with van der Waals surface area (Å²) < 4.78 is 26.4. The molecule has 18 heavy (non-hydrogen) atoms. The number of aromatic nitrogens is 1. The maximum Gasteiger partial charge on any atom is 0.321 e. The van der Waals surface area contributed by atoms with E-state index < -0.39 is 50.5 Å². The highest BCUT2D eigenvalue weighted by Crippen LogP contribution is 2.44. The minimum absolute atomic E-state index is 0.455. The topological polar surface area (TPSA) is 117 Å². The van der Waals surface area contributed by atoms with Crippen molar-refractivity contribution in [2.24, 2.45) is 0 Å². The first-order chi connectivity index (χ1) is 8.34. The van der Waals surface area contributed by atoms with Gasteiger partial charge in [0.2, 0.25) is 11.6 Å². The Kier molecular flexibility index (Phi) is 2.39. The third-order valence-corrected chi connectivity index (χ3v) is 2.26. The lowest BCUT2D eigenvalue weighted by Crippen LogP contribution is -1.98. The highest BCUT2D eigenvalue weighted by Gasteiger charge is 2.29. The Hall–Kier alpha value is -2.71. The number of benzene rings is 1. The number of fused-ring (bicyclic) bond motifs is 1. The highest BCUT2D eigenvalue weighted by molar-refractivity contribution is 5.96. The zero-order valence-corrected chi connectivity index (χ0v) is 8.39. The van der Waals surface area contributed by atoms with E-state index in [1.807, 2.05) is 0 Å². The van der Waals surface area contributed by atoms with Crippen LogP contribution in [0, 0.1) is 21.7 Å². The van der Waals surface area contributed by atoms with Crippen molar-refractivity contribution in [1.82, 2.24) is 4.98 Å². The summed E-state index contributed by atoms with van der Waals surface area (Å²) in [4.78, 5) is 12.6. The average Bonchev–Trinajstić information content (AvgIpc) is 2.29. The van der Waals surface area contributed by atoms with Gasteiger partial charge in [-0.25, -0.2) is 9.37 Å². The van der Waals surface area contributed by atoms with Gasteiger partial charge in [-0.05, 0) is 0 Å². The van der Waals surface area contributed by atoms with Crippen LogP contribution in [0.5, 0.6) is 17.4 Å². The predicted molar refractivity (Wildman–Crippen MR) is 53.3 cm³/mol. The van der Waals surface area contributed by atoms with Crippen LogP contribution in [0.3, 0.4) is 0 Å². The van der Waals surface area contributed by atoms with E-state index in [1.165, 1.54) is 0 Å². The Labute approximate surface area is 96.7 Å². The van der Waals surface area contributed by atoms with E-state index in [-0.39, 0.29) is 0 Å². The first-order valence-electron chi connectivity index (χ1n) is 4.41. The van der Waals surface area contributed by atoms with Gasteiger partial charge in [0, 0.05) is 6.07 Å². The summed E-state index contributed by atoms with van der Waals surface area (Å²) in [5, 5.41) is 37.5. The summed E-state index contributed by atoms with van der Waals surface area (Å²) in [5.74, 6) is -6.72. The first kappa shape index (κ1) is 11.8. The number of aromatic hydroxyl groups is 3. The van der Waals surface area contributed by atoms with Gasteiger partial charge in [-0.3, -0.25) is 10.1 Å². The molecule has 1 aromatic carbocycles. The van der Waals surface area contributed by atoms with Crippen molar-refractivity contribution in [3.8, 4) is 17.4 Å². The van der Waals surface area contributed by atoms with E-state index in [4.69, 9.17) is 10.2 Å². The first-order valence-corrected chi connectivity index (χ1v) is 4.41. The fraction of sp³-hybridized carbons (Fsp3) is 0. The lowest BCUT2D eigenvalue weighted by atomic mass is 10.1. The van der Waals surface area contributed by atoms with Gasteiger partial charge < -0.3 is 15.3 Å². The van der Waals surface area contributed by atoms with Crippen molar-refractivity contribution in [3.05, 3.63) is 27.8 Å². The molecule has 0 atom stereocenters. The molecule has 0 spiro atoms. The van der Waals surface area contributed by atoms with Crippen LogP contribution < -0.4 is 0 Å². The number of nitrogens with zero attached hydrogens (tertiary/aromatic N) is 2. The lowest BCUT2D eigenvalue weighted by Gasteiger charge is -2.06. The van der Waals surface area contributed by atoms with Crippen molar-refractivity contribution in [1.29, 1.82) is 0 Å². The van der Waals surface area contributed by atoms with Gasteiger partial charge in [0.05, 0.1) is 10.4 Å². The molecule has 2 rings (SSSR count). The second-order valence-electron chi connectivity index (χ2n) is 3.30. The van der Waals surface area contributed by atoms with E-state index >= 15 is 0 Å². The summed E-state index contributed by atoms with van der Waals surface area (Å²) in [6.45, 7) is 0.